The van der Waals surface area contributed by atoms with Crippen LogP contribution in [0, 0.1) is 0 Å². The van der Waals surface area contributed by atoms with Crippen molar-refractivity contribution in [3.8, 4) is 0 Å². The zero-order valence-corrected chi connectivity index (χ0v) is 12.0. The fourth-order valence-corrected chi connectivity index (χ4v) is 1.87. The molecule has 5 nitrogen and oxygen atoms in total. The molecule has 0 spiro atoms. The van der Waals surface area contributed by atoms with Gasteiger partial charge in [0, 0.05) is 22.8 Å². The Hall–Kier alpha value is -2.01. The van der Waals surface area contributed by atoms with Gasteiger partial charge in [-0.1, -0.05) is 0 Å². The van der Waals surface area contributed by atoms with Gasteiger partial charge in [-0.2, -0.15) is 0 Å². The number of carbonyl (C=O) groups excluding carboxylic acids is 1. The number of H-pyrrole nitrogens is 1. The summed E-state index contributed by atoms with van der Waals surface area (Å²) < 4.78 is 10.7. The Balaban J connectivity index is 1.98. The summed E-state index contributed by atoms with van der Waals surface area (Å²) in [6, 6.07) is 5.36. The molecular weight excluding hydrogens is 256 g/mol. The number of hydrogen-bond donors (Lipinski definition) is 2. The third-order valence-electron chi connectivity index (χ3n) is 2.78. The van der Waals surface area contributed by atoms with E-state index in [1.807, 2.05) is 26.8 Å². The predicted octanol–water partition coefficient (Wildman–Crippen LogP) is 2.72. The van der Waals surface area contributed by atoms with E-state index in [9.17, 15) is 4.79 Å². The van der Waals surface area contributed by atoms with E-state index in [-0.39, 0.29) is 18.2 Å². The minimum absolute atomic E-state index is 0.231. The van der Waals surface area contributed by atoms with E-state index < -0.39 is 0 Å². The average Bonchev–Trinajstić information content (AvgIpc) is 2.76. The van der Waals surface area contributed by atoms with Gasteiger partial charge in [0.2, 0.25) is 0 Å². The standard InChI is InChI=1S/C15H20N2O3/c1-15(2,3)20-7-6-19-14(18)12-9-17-13-8-10(16)4-5-11(12)13/h4-5,8-9,17H,6-7,16H2,1-3H3. The number of esters is 1. The summed E-state index contributed by atoms with van der Waals surface area (Å²) in [5.74, 6) is -0.362. The predicted molar refractivity (Wildman–Crippen MR) is 78.7 cm³/mol. The van der Waals surface area contributed by atoms with Crippen LogP contribution >= 0.6 is 0 Å². The summed E-state index contributed by atoms with van der Waals surface area (Å²) in [6.45, 7) is 6.49. The van der Waals surface area contributed by atoms with Gasteiger partial charge < -0.3 is 20.2 Å². The number of carbonyl (C=O) groups is 1. The molecule has 3 N–H and O–H groups in total. The number of hydrogen-bond acceptors (Lipinski definition) is 4. The van der Waals surface area contributed by atoms with Crippen LogP contribution in [0.5, 0.6) is 0 Å². The highest BCUT2D eigenvalue weighted by atomic mass is 16.6. The monoisotopic (exact) mass is 276 g/mol. The molecule has 0 unspecified atom stereocenters. The zero-order valence-electron chi connectivity index (χ0n) is 12.0. The van der Waals surface area contributed by atoms with E-state index in [1.54, 1.807) is 18.3 Å². The van der Waals surface area contributed by atoms with Crippen LogP contribution < -0.4 is 5.73 Å². The topological polar surface area (TPSA) is 77.3 Å². The molecule has 1 aromatic heterocycles. The molecule has 1 heterocycles. The first-order chi connectivity index (χ1) is 9.37. The normalized spacial score (nSPS) is 11.8. The van der Waals surface area contributed by atoms with Gasteiger partial charge in [-0.3, -0.25) is 0 Å². The third-order valence-corrected chi connectivity index (χ3v) is 2.78. The third kappa shape index (κ3) is 3.51. The van der Waals surface area contributed by atoms with Crippen LogP contribution in [0.25, 0.3) is 10.9 Å². The summed E-state index contributed by atoms with van der Waals surface area (Å²) in [5, 5.41) is 0.806. The molecule has 0 aliphatic rings. The molecule has 0 amide bonds. The number of aromatic amines is 1. The fourth-order valence-electron chi connectivity index (χ4n) is 1.87. The number of nitrogen functional groups attached to an aromatic ring is 1. The van der Waals surface area contributed by atoms with Crippen LogP contribution in [-0.2, 0) is 9.47 Å². The van der Waals surface area contributed by atoms with Crippen molar-refractivity contribution in [3.05, 3.63) is 30.0 Å². The van der Waals surface area contributed by atoms with Gasteiger partial charge in [0.15, 0.2) is 0 Å². The molecule has 0 fully saturated rings. The first-order valence-corrected chi connectivity index (χ1v) is 6.54. The summed E-state index contributed by atoms with van der Waals surface area (Å²) in [4.78, 5) is 15.0. The van der Waals surface area contributed by atoms with E-state index in [4.69, 9.17) is 15.2 Å². The molecule has 0 aliphatic heterocycles. The molecule has 5 heteroatoms. The van der Waals surface area contributed by atoms with Crippen LogP contribution in [-0.4, -0.2) is 29.8 Å². The second-order valence-electron chi connectivity index (χ2n) is 5.60. The fraction of sp³-hybridized carbons (Fsp3) is 0.400. The van der Waals surface area contributed by atoms with Crippen molar-refractivity contribution >= 4 is 22.6 Å². The smallest absolute Gasteiger partial charge is 0.340 e. The van der Waals surface area contributed by atoms with Gasteiger partial charge >= 0.3 is 5.97 Å². The number of fused-ring (bicyclic) bond motifs is 1. The second-order valence-corrected chi connectivity index (χ2v) is 5.60. The molecular formula is C15H20N2O3. The van der Waals surface area contributed by atoms with Crippen molar-refractivity contribution in [2.45, 2.75) is 26.4 Å². The Bertz CT molecular complexity index is 611. The Morgan fingerprint density at radius 2 is 2.05 bits per heavy atom. The molecule has 2 aromatic rings. The summed E-state index contributed by atoms with van der Waals surface area (Å²) in [7, 11) is 0. The van der Waals surface area contributed by atoms with E-state index in [2.05, 4.69) is 4.98 Å². The molecule has 0 saturated carbocycles. The number of aromatic nitrogens is 1. The minimum atomic E-state index is -0.362. The number of rotatable bonds is 4. The Labute approximate surface area is 118 Å². The lowest BCUT2D eigenvalue weighted by Crippen LogP contribution is -2.22. The highest BCUT2D eigenvalue weighted by Gasteiger charge is 2.14. The van der Waals surface area contributed by atoms with Gasteiger partial charge in [-0.05, 0) is 39.0 Å². The van der Waals surface area contributed by atoms with Crippen molar-refractivity contribution in [2.75, 3.05) is 18.9 Å². The lowest BCUT2D eigenvalue weighted by molar-refractivity contribution is -0.0281. The highest BCUT2D eigenvalue weighted by molar-refractivity contribution is 6.04. The Morgan fingerprint density at radius 1 is 1.30 bits per heavy atom. The number of benzene rings is 1. The molecule has 108 valence electrons. The van der Waals surface area contributed by atoms with Crippen molar-refractivity contribution in [3.63, 3.8) is 0 Å². The quantitative estimate of drug-likeness (QED) is 0.511. The number of nitrogens with one attached hydrogen (secondary N) is 1. The highest BCUT2D eigenvalue weighted by Crippen LogP contribution is 2.21. The lowest BCUT2D eigenvalue weighted by atomic mass is 10.1. The SMILES string of the molecule is CC(C)(C)OCCOC(=O)c1c[nH]c2cc(N)ccc12. The van der Waals surface area contributed by atoms with Crippen LogP contribution in [0.4, 0.5) is 5.69 Å². The molecule has 0 aliphatic carbocycles. The molecule has 0 saturated heterocycles. The first-order valence-electron chi connectivity index (χ1n) is 6.54. The Morgan fingerprint density at radius 3 is 2.75 bits per heavy atom. The van der Waals surface area contributed by atoms with Crippen molar-refractivity contribution in [1.29, 1.82) is 0 Å². The summed E-state index contributed by atoms with van der Waals surface area (Å²) in [5.41, 5.74) is 7.45. The van der Waals surface area contributed by atoms with Crippen molar-refractivity contribution < 1.29 is 14.3 Å². The molecule has 20 heavy (non-hydrogen) atoms. The maximum absolute atomic E-state index is 12.0. The van der Waals surface area contributed by atoms with Crippen molar-refractivity contribution in [1.82, 2.24) is 4.98 Å². The van der Waals surface area contributed by atoms with Gasteiger partial charge in [0.05, 0.1) is 17.8 Å². The molecule has 0 atom stereocenters. The van der Waals surface area contributed by atoms with E-state index in [1.165, 1.54) is 0 Å². The largest absolute Gasteiger partial charge is 0.460 e. The number of nitrogens with two attached hydrogens (primary N) is 1. The Kier molecular flexibility index (Phi) is 3.99. The van der Waals surface area contributed by atoms with Gasteiger partial charge in [0.25, 0.3) is 0 Å². The lowest BCUT2D eigenvalue weighted by Gasteiger charge is -2.19. The first kappa shape index (κ1) is 14.4. The van der Waals surface area contributed by atoms with E-state index >= 15 is 0 Å². The molecule has 0 radical (unpaired) electrons. The van der Waals surface area contributed by atoms with Crippen LogP contribution in [0.1, 0.15) is 31.1 Å². The average molecular weight is 276 g/mol. The van der Waals surface area contributed by atoms with Crippen LogP contribution in [0.2, 0.25) is 0 Å². The summed E-state index contributed by atoms with van der Waals surface area (Å²) >= 11 is 0. The maximum Gasteiger partial charge on any atom is 0.340 e. The minimum Gasteiger partial charge on any atom is -0.460 e. The maximum atomic E-state index is 12.0. The number of anilines is 1. The molecule has 0 bridgehead atoms. The van der Waals surface area contributed by atoms with Gasteiger partial charge in [-0.25, -0.2) is 4.79 Å². The summed E-state index contributed by atoms with van der Waals surface area (Å²) in [6.07, 6.45) is 1.64. The molecule has 2 rings (SSSR count). The van der Waals surface area contributed by atoms with Gasteiger partial charge in [-0.15, -0.1) is 0 Å². The van der Waals surface area contributed by atoms with Crippen LogP contribution in [0.15, 0.2) is 24.4 Å². The number of ether oxygens (including phenoxy) is 2. The van der Waals surface area contributed by atoms with Gasteiger partial charge in [0.1, 0.15) is 6.61 Å². The van der Waals surface area contributed by atoms with Crippen LogP contribution in [0.3, 0.4) is 0 Å². The van der Waals surface area contributed by atoms with E-state index in [0.717, 1.165) is 10.9 Å². The zero-order chi connectivity index (χ0) is 14.8. The molecule has 1 aromatic carbocycles. The van der Waals surface area contributed by atoms with E-state index in [0.29, 0.717) is 17.9 Å². The second kappa shape index (κ2) is 5.54. The van der Waals surface area contributed by atoms with Crippen molar-refractivity contribution in [2.24, 2.45) is 0 Å².